The van der Waals surface area contributed by atoms with Crippen molar-refractivity contribution in [2.45, 2.75) is 13.3 Å². The lowest BCUT2D eigenvalue weighted by Gasteiger charge is -2.17. The normalized spacial score (nSPS) is 16.3. The van der Waals surface area contributed by atoms with Crippen LogP contribution >= 0.6 is 11.6 Å². The number of amides is 2. The molecule has 0 spiro atoms. The fraction of sp³-hybridized carbons (Fsp3) is 0.250. The van der Waals surface area contributed by atoms with Crippen molar-refractivity contribution in [1.82, 2.24) is 0 Å². The summed E-state index contributed by atoms with van der Waals surface area (Å²) in [5.74, 6) is -0.355. The topological polar surface area (TPSA) is 75.7 Å². The van der Waals surface area contributed by atoms with E-state index in [1.54, 1.807) is 54.5 Å². The minimum Gasteiger partial charge on any atom is -0.497 e. The highest BCUT2D eigenvalue weighted by molar-refractivity contribution is 6.34. The Balaban J connectivity index is 1.72. The number of hydrogen-bond donors (Lipinski definition) is 1. The largest absolute Gasteiger partial charge is 0.497 e. The maximum absolute atomic E-state index is 12.6. The van der Waals surface area contributed by atoms with Crippen molar-refractivity contribution in [2.75, 3.05) is 23.9 Å². The summed E-state index contributed by atoms with van der Waals surface area (Å²) in [5.41, 5.74) is 1.54. The third-order valence-electron chi connectivity index (χ3n) is 4.51. The lowest BCUT2D eigenvalue weighted by molar-refractivity contribution is -0.122. The number of Topliss-reactive ketones (excluding diaryl/α,β-unsaturated/α-hetero) is 1. The molecule has 0 saturated carbocycles. The quantitative estimate of drug-likeness (QED) is 0.797. The van der Waals surface area contributed by atoms with Crippen LogP contribution in [0.2, 0.25) is 5.02 Å². The molecule has 2 amide bonds. The Morgan fingerprint density at radius 1 is 1.19 bits per heavy atom. The molecule has 7 heteroatoms. The highest BCUT2D eigenvalue weighted by Crippen LogP contribution is 2.29. The second kappa shape index (κ2) is 7.80. The Labute approximate surface area is 162 Å². The van der Waals surface area contributed by atoms with Crippen molar-refractivity contribution in [3.8, 4) is 5.75 Å². The van der Waals surface area contributed by atoms with Gasteiger partial charge in [-0.15, -0.1) is 0 Å². The third-order valence-corrected chi connectivity index (χ3v) is 4.84. The van der Waals surface area contributed by atoms with Crippen LogP contribution in [0.25, 0.3) is 0 Å². The molecule has 1 atom stereocenters. The van der Waals surface area contributed by atoms with E-state index in [0.29, 0.717) is 27.7 Å². The van der Waals surface area contributed by atoms with Crippen LogP contribution in [-0.2, 0) is 9.59 Å². The zero-order valence-electron chi connectivity index (χ0n) is 15.0. The van der Waals surface area contributed by atoms with Gasteiger partial charge in [0.05, 0.1) is 23.7 Å². The van der Waals surface area contributed by atoms with Crippen LogP contribution in [0.4, 0.5) is 11.4 Å². The number of hydrogen-bond acceptors (Lipinski definition) is 4. The molecule has 0 aromatic heterocycles. The summed E-state index contributed by atoms with van der Waals surface area (Å²) in [6.45, 7) is 1.72. The van der Waals surface area contributed by atoms with E-state index in [2.05, 4.69) is 5.32 Å². The van der Waals surface area contributed by atoms with Gasteiger partial charge in [0.15, 0.2) is 5.78 Å². The van der Waals surface area contributed by atoms with Crippen LogP contribution in [0, 0.1) is 5.92 Å². The summed E-state index contributed by atoms with van der Waals surface area (Å²) in [7, 11) is 1.57. The monoisotopic (exact) mass is 386 g/mol. The summed E-state index contributed by atoms with van der Waals surface area (Å²) in [6.07, 6.45) is 0.113. The van der Waals surface area contributed by atoms with Gasteiger partial charge in [0.2, 0.25) is 11.8 Å². The van der Waals surface area contributed by atoms with Crippen molar-refractivity contribution in [3.05, 3.63) is 53.1 Å². The summed E-state index contributed by atoms with van der Waals surface area (Å²) in [6, 6.07) is 11.8. The van der Waals surface area contributed by atoms with Gasteiger partial charge < -0.3 is 15.0 Å². The molecule has 1 heterocycles. The fourth-order valence-corrected chi connectivity index (χ4v) is 3.13. The molecule has 1 saturated heterocycles. The predicted octanol–water partition coefficient (Wildman–Crippen LogP) is 3.54. The van der Waals surface area contributed by atoms with Crippen LogP contribution < -0.4 is 15.0 Å². The van der Waals surface area contributed by atoms with Crippen molar-refractivity contribution >= 4 is 40.6 Å². The molecule has 0 bridgehead atoms. The molecule has 6 nitrogen and oxygen atoms in total. The maximum Gasteiger partial charge on any atom is 0.229 e. The van der Waals surface area contributed by atoms with Crippen LogP contribution in [0.15, 0.2) is 42.5 Å². The first-order valence-corrected chi connectivity index (χ1v) is 8.82. The molecular weight excluding hydrogens is 368 g/mol. The number of nitrogens with zero attached hydrogens (tertiary/aromatic N) is 1. The number of benzene rings is 2. The van der Waals surface area contributed by atoms with Crippen LogP contribution in [-0.4, -0.2) is 31.3 Å². The number of halogens is 1. The standard InChI is InChI=1S/C20H19ClN2O4/c1-12(24)13-3-8-17(21)18(9-13)22-20(26)14-10-19(25)23(11-14)15-4-6-16(27-2)7-5-15/h3-9,14H,10-11H2,1-2H3,(H,22,26). The van der Waals surface area contributed by atoms with Gasteiger partial charge in [0.1, 0.15) is 5.75 Å². The average Bonchev–Trinajstić information content (AvgIpc) is 3.05. The maximum atomic E-state index is 12.6. The smallest absolute Gasteiger partial charge is 0.229 e. The van der Waals surface area contributed by atoms with E-state index < -0.39 is 5.92 Å². The Hall–Kier alpha value is -2.86. The van der Waals surface area contributed by atoms with Crippen molar-refractivity contribution in [3.63, 3.8) is 0 Å². The summed E-state index contributed by atoms with van der Waals surface area (Å²) in [4.78, 5) is 38.1. The molecule has 1 aliphatic heterocycles. The second-order valence-corrected chi connectivity index (χ2v) is 6.75. The SMILES string of the molecule is COc1ccc(N2CC(C(=O)Nc3cc(C(C)=O)ccc3Cl)CC2=O)cc1. The third kappa shape index (κ3) is 4.11. The first kappa shape index (κ1) is 18.9. The molecular formula is C20H19ClN2O4. The van der Waals surface area contributed by atoms with E-state index in [-0.39, 0.29) is 30.6 Å². The Kier molecular flexibility index (Phi) is 5.46. The number of methoxy groups -OCH3 is 1. The van der Waals surface area contributed by atoms with Gasteiger partial charge in [0.25, 0.3) is 0 Å². The van der Waals surface area contributed by atoms with Crippen LogP contribution in [0.5, 0.6) is 5.75 Å². The molecule has 1 aliphatic rings. The van der Waals surface area contributed by atoms with Gasteiger partial charge in [-0.05, 0) is 49.4 Å². The Morgan fingerprint density at radius 3 is 2.52 bits per heavy atom. The summed E-state index contributed by atoms with van der Waals surface area (Å²) >= 11 is 6.12. The van der Waals surface area contributed by atoms with Crippen molar-refractivity contribution in [2.24, 2.45) is 5.92 Å². The first-order chi connectivity index (χ1) is 12.9. The number of carbonyl (C=O) groups is 3. The zero-order chi connectivity index (χ0) is 19.6. The van der Waals surface area contributed by atoms with Gasteiger partial charge in [0, 0.05) is 24.2 Å². The molecule has 1 unspecified atom stereocenters. The molecule has 1 fully saturated rings. The zero-order valence-corrected chi connectivity index (χ0v) is 15.7. The van der Waals surface area contributed by atoms with E-state index in [0.717, 1.165) is 0 Å². The van der Waals surface area contributed by atoms with E-state index >= 15 is 0 Å². The number of nitrogens with one attached hydrogen (secondary N) is 1. The fourth-order valence-electron chi connectivity index (χ4n) is 2.97. The van der Waals surface area contributed by atoms with Crippen molar-refractivity contribution < 1.29 is 19.1 Å². The van der Waals surface area contributed by atoms with Crippen LogP contribution in [0.1, 0.15) is 23.7 Å². The molecule has 140 valence electrons. The first-order valence-electron chi connectivity index (χ1n) is 8.45. The lowest BCUT2D eigenvalue weighted by atomic mass is 10.1. The minimum absolute atomic E-state index is 0.113. The molecule has 0 radical (unpaired) electrons. The molecule has 2 aromatic rings. The molecule has 27 heavy (non-hydrogen) atoms. The minimum atomic E-state index is -0.503. The van der Waals surface area contributed by atoms with E-state index in [9.17, 15) is 14.4 Å². The lowest BCUT2D eigenvalue weighted by Crippen LogP contribution is -2.28. The molecule has 0 aliphatic carbocycles. The average molecular weight is 387 g/mol. The number of anilines is 2. The number of carbonyl (C=O) groups excluding carboxylic acids is 3. The van der Waals surface area contributed by atoms with Gasteiger partial charge in [-0.3, -0.25) is 14.4 Å². The number of rotatable bonds is 5. The second-order valence-electron chi connectivity index (χ2n) is 6.34. The van der Waals surface area contributed by atoms with E-state index in [1.165, 1.54) is 6.92 Å². The number of ketones is 1. The Morgan fingerprint density at radius 2 is 1.89 bits per heavy atom. The van der Waals surface area contributed by atoms with Gasteiger partial charge in [-0.2, -0.15) is 0 Å². The summed E-state index contributed by atoms with van der Waals surface area (Å²) in [5, 5.41) is 3.07. The molecule has 1 N–H and O–H groups in total. The summed E-state index contributed by atoms with van der Waals surface area (Å²) < 4.78 is 5.12. The Bertz CT molecular complexity index is 895. The molecule has 2 aromatic carbocycles. The van der Waals surface area contributed by atoms with Gasteiger partial charge >= 0.3 is 0 Å². The van der Waals surface area contributed by atoms with Crippen molar-refractivity contribution in [1.29, 1.82) is 0 Å². The van der Waals surface area contributed by atoms with Gasteiger partial charge in [-0.1, -0.05) is 11.6 Å². The number of ether oxygens (including phenoxy) is 1. The highest BCUT2D eigenvalue weighted by Gasteiger charge is 2.35. The van der Waals surface area contributed by atoms with E-state index in [4.69, 9.17) is 16.3 Å². The molecule has 3 rings (SSSR count). The predicted molar refractivity (Wildman–Crippen MR) is 104 cm³/mol. The van der Waals surface area contributed by atoms with Gasteiger partial charge in [-0.25, -0.2) is 0 Å². The highest BCUT2D eigenvalue weighted by atomic mass is 35.5. The van der Waals surface area contributed by atoms with E-state index in [1.807, 2.05) is 0 Å². The van der Waals surface area contributed by atoms with Crippen LogP contribution in [0.3, 0.4) is 0 Å².